The molecule has 4 aromatic rings. The molecule has 39 heavy (non-hydrogen) atoms. The lowest BCUT2D eigenvalue weighted by Gasteiger charge is -2.13. The molecular weight excluding hydrogens is 497 g/mol. The quantitative estimate of drug-likeness (QED) is 0.160. The maximum absolute atomic E-state index is 15.5. The zero-order valence-electron chi connectivity index (χ0n) is 21.8. The van der Waals surface area contributed by atoms with Crippen LogP contribution in [0.5, 0.6) is 11.5 Å². The number of pyridine rings is 1. The van der Waals surface area contributed by atoms with Gasteiger partial charge in [-0.1, -0.05) is 19.8 Å². The Balaban J connectivity index is 0.00000172. The van der Waals surface area contributed by atoms with Crippen LogP contribution in [0.3, 0.4) is 0 Å². The fraction of sp³-hybridized carbons (Fsp3) is 0.207. The van der Waals surface area contributed by atoms with Crippen LogP contribution in [0.15, 0.2) is 60.0 Å². The highest BCUT2D eigenvalue weighted by molar-refractivity contribution is 6.05. The van der Waals surface area contributed by atoms with Gasteiger partial charge < -0.3 is 21.1 Å². The monoisotopic (exact) mass is 525 g/mol. The lowest BCUT2D eigenvalue weighted by Crippen LogP contribution is -2.10. The van der Waals surface area contributed by atoms with E-state index >= 15 is 4.39 Å². The SMILES string of the molecule is CC.Cc1cc(Nc2ncnc3ccc(NC(=O)C#CC4CC4)c(F)c23)ccc1Oc1ccnc(N=CN)c1. The Morgan fingerprint density at radius 3 is 2.72 bits per heavy atom. The van der Waals surface area contributed by atoms with Crippen molar-refractivity contribution in [1.82, 2.24) is 15.0 Å². The first-order valence-electron chi connectivity index (χ1n) is 12.5. The summed E-state index contributed by atoms with van der Waals surface area (Å²) in [4.78, 5) is 28.6. The van der Waals surface area contributed by atoms with E-state index in [9.17, 15) is 4.79 Å². The number of nitrogens with zero attached hydrogens (tertiary/aromatic N) is 4. The van der Waals surface area contributed by atoms with Crippen molar-refractivity contribution < 1.29 is 13.9 Å². The number of amides is 1. The van der Waals surface area contributed by atoms with Crippen molar-refractivity contribution >= 4 is 46.2 Å². The van der Waals surface area contributed by atoms with Crippen LogP contribution in [0.25, 0.3) is 10.9 Å². The van der Waals surface area contributed by atoms with Crippen molar-refractivity contribution in [3.8, 4) is 23.3 Å². The summed E-state index contributed by atoms with van der Waals surface area (Å²) in [6.45, 7) is 5.88. The number of hydrogen-bond donors (Lipinski definition) is 3. The number of aromatic nitrogens is 3. The topological polar surface area (TPSA) is 127 Å². The largest absolute Gasteiger partial charge is 0.457 e. The fourth-order valence-corrected chi connectivity index (χ4v) is 3.57. The molecule has 2 aromatic heterocycles. The van der Waals surface area contributed by atoms with Crippen LogP contribution in [0.1, 0.15) is 32.3 Å². The predicted molar refractivity (Wildman–Crippen MR) is 151 cm³/mol. The molecule has 2 heterocycles. The van der Waals surface area contributed by atoms with Crippen molar-refractivity contribution in [2.75, 3.05) is 10.6 Å². The van der Waals surface area contributed by atoms with Gasteiger partial charge in [0.1, 0.15) is 23.6 Å². The highest BCUT2D eigenvalue weighted by Gasteiger charge is 2.19. The number of carbonyl (C=O) groups is 1. The molecule has 0 aliphatic heterocycles. The molecule has 10 heteroatoms. The molecule has 1 saturated carbocycles. The van der Waals surface area contributed by atoms with Crippen molar-refractivity contribution in [3.05, 3.63) is 66.4 Å². The Labute approximate surface area is 225 Å². The summed E-state index contributed by atoms with van der Waals surface area (Å²) in [6.07, 6.45) is 6.08. The second-order valence-corrected chi connectivity index (χ2v) is 8.38. The lowest BCUT2D eigenvalue weighted by molar-refractivity contribution is -0.111. The number of fused-ring (bicyclic) bond motifs is 1. The van der Waals surface area contributed by atoms with E-state index in [1.165, 1.54) is 12.4 Å². The molecular formula is C29H28FN7O2. The Hall–Kier alpha value is -5.04. The third-order valence-electron chi connectivity index (χ3n) is 5.55. The third kappa shape index (κ3) is 6.84. The molecule has 198 valence electrons. The Kier molecular flexibility index (Phi) is 8.64. The molecule has 1 aliphatic carbocycles. The number of rotatable bonds is 6. The van der Waals surface area contributed by atoms with Crippen LogP contribution in [-0.2, 0) is 4.79 Å². The molecule has 0 unspecified atom stereocenters. The van der Waals surface area contributed by atoms with Crippen LogP contribution >= 0.6 is 0 Å². The van der Waals surface area contributed by atoms with Crippen molar-refractivity contribution in [1.29, 1.82) is 0 Å². The standard InChI is InChI=1S/C27H22FN7O2.C2H6/c1-16-12-18(5-8-22(16)37-19-10-11-30-23(13-19)31-14-29)34-27-25-20(32-15-33-27)6-7-21(26(25)28)35-24(36)9-4-17-2-3-17;1-2/h5-8,10-15,17H,2-3H2,1H3,(H,35,36)(H2,29,30,31)(H,32,33,34);1-2H3. The number of aliphatic imine (C=N–C) groups is 1. The van der Waals surface area contributed by atoms with E-state index in [2.05, 4.69) is 42.4 Å². The number of aryl methyl sites for hydroxylation is 1. The van der Waals surface area contributed by atoms with E-state index in [0.717, 1.165) is 24.7 Å². The molecule has 4 N–H and O–H groups in total. The normalized spacial score (nSPS) is 12.2. The van der Waals surface area contributed by atoms with Crippen LogP contribution in [-0.4, -0.2) is 27.2 Å². The van der Waals surface area contributed by atoms with E-state index < -0.39 is 11.7 Å². The second-order valence-electron chi connectivity index (χ2n) is 8.38. The number of nitrogens with two attached hydrogens (primary N) is 1. The number of benzene rings is 2. The first kappa shape index (κ1) is 27.0. The van der Waals surface area contributed by atoms with E-state index in [-0.39, 0.29) is 22.8 Å². The third-order valence-corrected chi connectivity index (χ3v) is 5.55. The van der Waals surface area contributed by atoms with Crippen molar-refractivity contribution in [3.63, 3.8) is 0 Å². The Morgan fingerprint density at radius 1 is 1.15 bits per heavy atom. The number of anilines is 3. The van der Waals surface area contributed by atoms with Crippen LogP contribution in [0.2, 0.25) is 0 Å². The van der Waals surface area contributed by atoms with Gasteiger partial charge in [0.2, 0.25) is 0 Å². The highest BCUT2D eigenvalue weighted by atomic mass is 19.1. The van der Waals surface area contributed by atoms with Crippen molar-refractivity contribution in [2.45, 2.75) is 33.6 Å². The summed E-state index contributed by atoms with van der Waals surface area (Å²) in [5, 5.41) is 5.82. The number of carbonyl (C=O) groups excluding carboxylic acids is 1. The minimum absolute atomic E-state index is 0.0102. The molecule has 5 rings (SSSR count). The number of ether oxygens (including phenoxy) is 1. The van der Waals surface area contributed by atoms with Gasteiger partial charge in [-0.3, -0.25) is 4.79 Å². The van der Waals surface area contributed by atoms with E-state index in [1.807, 2.05) is 26.8 Å². The van der Waals surface area contributed by atoms with Gasteiger partial charge in [0.05, 0.1) is 22.9 Å². The van der Waals surface area contributed by atoms with Gasteiger partial charge in [-0.15, -0.1) is 0 Å². The summed E-state index contributed by atoms with van der Waals surface area (Å²) in [7, 11) is 0. The molecule has 0 radical (unpaired) electrons. The van der Waals surface area contributed by atoms with Gasteiger partial charge >= 0.3 is 0 Å². The molecule has 0 saturated heterocycles. The number of nitrogens with one attached hydrogen (secondary N) is 2. The first-order chi connectivity index (χ1) is 19.0. The van der Waals surface area contributed by atoms with E-state index in [0.29, 0.717) is 28.5 Å². The summed E-state index contributed by atoms with van der Waals surface area (Å²) in [5.74, 6) is 6.31. The summed E-state index contributed by atoms with van der Waals surface area (Å²) < 4.78 is 21.4. The maximum atomic E-state index is 15.5. The summed E-state index contributed by atoms with van der Waals surface area (Å²) in [6, 6.07) is 11.9. The molecule has 9 nitrogen and oxygen atoms in total. The van der Waals surface area contributed by atoms with Gasteiger partial charge in [0.25, 0.3) is 5.91 Å². The maximum Gasteiger partial charge on any atom is 0.300 e. The lowest BCUT2D eigenvalue weighted by atomic mass is 10.1. The fourth-order valence-electron chi connectivity index (χ4n) is 3.57. The van der Waals surface area contributed by atoms with Gasteiger partial charge in [-0.05, 0) is 67.6 Å². The zero-order chi connectivity index (χ0) is 27.8. The van der Waals surface area contributed by atoms with E-state index in [1.54, 1.807) is 36.5 Å². The first-order valence-corrected chi connectivity index (χ1v) is 12.5. The molecule has 1 fully saturated rings. The molecule has 0 bridgehead atoms. The Morgan fingerprint density at radius 2 is 1.97 bits per heavy atom. The van der Waals surface area contributed by atoms with Gasteiger partial charge in [-0.2, -0.15) is 0 Å². The minimum Gasteiger partial charge on any atom is -0.457 e. The molecule has 0 spiro atoms. The molecule has 0 atom stereocenters. The average molecular weight is 526 g/mol. The zero-order valence-corrected chi connectivity index (χ0v) is 21.8. The number of halogens is 1. The van der Waals surface area contributed by atoms with E-state index in [4.69, 9.17) is 10.5 Å². The van der Waals surface area contributed by atoms with Gasteiger partial charge in [0.15, 0.2) is 11.6 Å². The summed E-state index contributed by atoms with van der Waals surface area (Å²) in [5.41, 5.74) is 7.22. The minimum atomic E-state index is -0.646. The number of hydrogen-bond acceptors (Lipinski definition) is 7. The Bertz CT molecular complexity index is 1590. The van der Waals surface area contributed by atoms with Crippen molar-refractivity contribution in [2.24, 2.45) is 16.6 Å². The highest BCUT2D eigenvalue weighted by Crippen LogP contribution is 2.33. The van der Waals surface area contributed by atoms with Gasteiger partial charge in [0, 0.05) is 23.9 Å². The molecule has 1 aliphatic rings. The molecule has 2 aromatic carbocycles. The van der Waals surface area contributed by atoms with Crippen LogP contribution < -0.4 is 21.1 Å². The van der Waals surface area contributed by atoms with Crippen LogP contribution in [0.4, 0.5) is 27.4 Å². The second kappa shape index (κ2) is 12.5. The summed E-state index contributed by atoms with van der Waals surface area (Å²) >= 11 is 0. The van der Waals surface area contributed by atoms with Crippen LogP contribution in [0, 0.1) is 30.5 Å². The predicted octanol–water partition coefficient (Wildman–Crippen LogP) is 6.00. The average Bonchev–Trinajstić information content (AvgIpc) is 3.77. The molecule has 1 amide bonds. The van der Waals surface area contributed by atoms with Gasteiger partial charge in [-0.25, -0.2) is 24.3 Å². The smallest absolute Gasteiger partial charge is 0.300 e.